The molecule has 0 aliphatic carbocycles. The number of unbranched alkanes of at least 4 members (excludes halogenated alkanes) is 42. The van der Waals surface area contributed by atoms with Crippen molar-refractivity contribution in [2.45, 2.75) is 477 Å². The molecule has 698 valence electrons. The molecular weight excluding hydrogens is 1480 g/mol. The van der Waals surface area contributed by atoms with E-state index >= 15 is 0 Å². The molecule has 0 aliphatic rings. The van der Waals surface area contributed by atoms with Crippen LogP contribution in [0.15, 0.2) is 0 Å². The van der Waals surface area contributed by atoms with Gasteiger partial charge in [-0.15, -0.1) is 0 Å². The quantitative estimate of drug-likeness (QED) is 0.0252. The Balaban J connectivity index is 5.60. The first kappa shape index (κ1) is 115. The Bertz CT molecular complexity index is 2220. The number of carbonyl (C=O) groups excluding carboxylic acids is 6. The number of aliphatic hydroxyl groups excluding tert-OH is 4. The number of hydrogen-bond acceptors (Lipinski definition) is 17. The van der Waals surface area contributed by atoms with Crippen molar-refractivity contribution in [3.05, 3.63) is 0 Å². The Labute approximate surface area is 726 Å². The van der Waals surface area contributed by atoms with Gasteiger partial charge in [0.15, 0.2) is 0 Å². The van der Waals surface area contributed by atoms with Gasteiger partial charge in [-0.05, 0) is 155 Å². The van der Waals surface area contributed by atoms with E-state index in [9.17, 15) is 49.2 Å². The minimum absolute atomic E-state index is 0.0248. The molecule has 0 saturated heterocycles. The largest absolute Gasteiger partial charge is 0.466 e. The molecule has 0 spiro atoms. The highest BCUT2D eigenvalue weighted by Gasteiger charge is 2.24. The minimum atomic E-state index is -0.677. The standard InChI is InChI=1S/C99H193N5O14/c1-10-16-22-28-34-36-38-44-54-73-97(112)116-81-63-71-93(108)85-104(83-91(106)69-52-46-61-80-118-99(114)89(66-49-41-32-26-20-14-5)67-50-42-33-27-21-15-6)77-59-57-75-102(9)95(110)87-100(7)86-94(109)101(8)74-56-58-76-103(84-92(107)70-55-62-78-115-96(111)72-53-43-37-35-29-23-17-11-2)82-90(105)68-51-45-60-79-117-98(113)88(64-47-39-30-24-18-12-3)65-48-40-31-25-19-13-4/h88-93,105-108H,10-87H2,1-9H3. The molecule has 4 atom stereocenters. The summed E-state index contributed by atoms with van der Waals surface area (Å²) in [7, 11) is 5.37. The fraction of sp³-hybridized carbons (Fsp3) is 0.939. The first-order chi connectivity index (χ1) is 57.3. The summed E-state index contributed by atoms with van der Waals surface area (Å²) in [6.07, 6.45) is 62.7. The Morgan fingerprint density at radius 1 is 0.246 bits per heavy atom. The van der Waals surface area contributed by atoms with Gasteiger partial charge in [0.2, 0.25) is 11.8 Å². The molecular formula is C99H193N5O14. The van der Waals surface area contributed by atoms with Crippen LogP contribution in [0.1, 0.15) is 452 Å². The van der Waals surface area contributed by atoms with Crippen LogP contribution >= 0.6 is 0 Å². The van der Waals surface area contributed by atoms with Gasteiger partial charge in [0, 0.05) is 66.2 Å². The average Bonchev–Trinajstić information content (AvgIpc) is 0.932. The van der Waals surface area contributed by atoms with Crippen LogP contribution in [-0.4, -0.2) is 218 Å². The SMILES string of the molecule is CCCCCCCCCCCC(=O)OCCCC(O)CN(CCCCN(C)C(=O)CN(C)CC(=O)N(C)CCCCN(CC(O)CCCCCOC(=O)C(CCCCCCCC)CCCCCCCC)CC(O)CCCCOC(=O)CCCCCCCCCC)CC(O)CCCCCOC(=O)C(CCCCCCCC)CCCCCCCC. The summed E-state index contributed by atoms with van der Waals surface area (Å²) in [5.74, 6) is -0.653. The van der Waals surface area contributed by atoms with Crippen LogP contribution in [0, 0.1) is 11.8 Å². The Kier molecular flexibility index (Phi) is 83.2. The highest BCUT2D eigenvalue weighted by molar-refractivity contribution is 5.81. The molecule has 2 amide bonds. The predicted molar refractivity (Wildman–Crippen MR) is 490 cm³/mol. The van der Waals surface area contributed by atoms with Crippen molar-refractivity contribution in [2.24, 2.45) is 11.8 Å². The van der Waals surface area contributed by atoms with Crippen molar-refractivity contribution in [1.82, 2.24) is 24.5 Å². The van der Waals surface area contributed by atoms with Crippen LogP contribution in [0.5, 0.6) is 0 Å². The lowest BCUT2D eigenvalue weighted by Gasteiger charge is -2.28. The topological polar surface area (TPSA) is 236 Å². The highest BCUT2D eigenvalue weighted by atomic mass is 16.5. The third-order valence-corrected chi connectivity index (χ3v) is 24.0. The van der Waals surface area contributed by atoms with E-state index in [2.05, 4.69) is 51.3 Å². The molecule has 0 aliphatic heterocycles. The fourth-order valence-corrected chi connectivity index (χ4v) is 16.1. The van der Waals surface area contributed by atoms with Gasteiger partial charge in [0.1, 0.15) is 0 Å². The van der Waals surface area contributed by atoms with Crippen molar-refractivity contribution in [3.63, 3.8) is 0 Å². The van der Waals surface area contributed by atoms with Gasteiger partial charge in [-0.1, -0.05) is 305 Å². The van der Waals surface area contributed by atoms with E-state index in [0.29, 0.717) is 143 Å². The van der Waals surface area contributed by atoms with Gasteiger partial charge in [-0.3, -0.25) is 43.5 Å². The molecule has 4 unspecified atom stereocenters. The molecule has 0 radical (unpaired) electrons. The Hall–Kier alpha value is -3.46. The number of carbonyl (C=O) groups is 6. The molecule has 0 fully saturated rings. The summed E-state index contributed by atoms with van der Waals surface area (Å²) >= 11 is 0. The van der Waals surface area contributed by atoms with Gasteiger partial charge in [-0.2, -0.15) is 0 Å². The van der Waals surface area contributed by atoms with E-state index in [1.165, 1.54) is 199 Å². The summed E-state index contributed by atoms with van der Waals surface area (Å²) in [6.45, 7) is 18.8. The average molecular weight is 1680 g/mol. The number of aliphatic hydroxyl groups is 4. The summed E-state index contributed by atoms with van der Waals surface area (Å²) < 4.78 is 22.9. The normalized spacial score (nSPS) is 12.8. The highest BCUT2D eigenvalue weighted by Crippen LogP contribution is 2.25. The molecule has 0 heterocycles. The number of ether oxygens (including phenoxy) is 4. The molecule has 0 saturated carbocycles. The van der Waals surface area contributed by atoms with Crippen molar-refractivity contribution >= 4 is 35.7 Å². The third kappa shape index (κ3) is 75.1. The number of nitrogens with zero attached hydrogens (tertiary/aromatic N) is 5. The summed E-state index contributed by atoms with van der Waals surface area (Å²) in [5, 5.41) is 45.5. The number of hydrogen-bond donors (Lipinski definition) is 4. The number of amides is 2. The Morgan fingerprint density at radius 2 is 0.466 bits per heavy atom. The van der Waals surface area contributed by atoms with Crippen molar-refractivity contribution in [3.8, 4) is 0 Å². The smallest absolute Gasteiger partial charge is 0.308 e. The lowest BCUT2D eigenvalue weighted by molar-refractivity contribution is -0.150. The van der Waals surface area contributed by atoms with Crippen LogP contribution in [0.2, 0.25) is 0 Å². The van der Waals surface area contributed by atoms with Crippen LogP contribution in [0.3, 0.4) is 0 Å². The number of esters is 4. The zero-order chi connectivity index (χ0) is 86.8. The molecule has 118 heavy (non-hydrogen) atoms. The van der Waals surface area contributed by atoms with Gasteiger partial charge < -0.3 is 49.2 Å². The lowest BCUT2D eigenvalue weighted by Crippen LogP contribution is -2.42. The van der Waals surface area contributed by atoms with Gasteiger partial charge in [-0.25, -0.2) is 0 Å². The summed E-state index contributed by atoms with van der Waals surface area (Å²) in [5.41, 5.74) is 0. The van der Waals surface area contributed by atoms with Gasteiger partial charge in [0.05, 0.1) is 75.8 Å². The maximum absolute atomic E-state index is 13.6. The maximum atomic E-state index is 13.6. The first-order valence-corrected chi connectivity index (χ1v) is 50.3. The number of rotatable bonds is 92. The molecule has 19 nitrogen and oxygen atoms in total. The number of likely N-dealkylation sites (N-methyl/N-ethyl adjacent to an activating group) is 3. The molecule has 0 aromatic rings. The maximum Gasteiger partial charge on any atom is 0.308 e. The zero-order valence-corrected chi connectivity index (χ0v) is 78.7. The van der Waals surface area contributed by atoms with E-state index < -0.39 is 24.4 Å². The van der Waals surface area contributed by atoms with E-state index in [4.69, 9.17) is 18.9 Å². The van der Waals surface area contributed by atoms with Crippen LogP contribution in [-0.2, 0) is 47.7 Å². The molecule has 19 heteroatoms. The molecule has 0 aromatic heterocycles. The van der Waals surface area contributed by atoms with Crippen molar-refractivity contribution < 1.29 is 68.1 Å². The second-order valence-corrected chi connectivity index (χ2v) is 35.9. The second-order valence-electron chi connectivity index (χ2n) is 35.9. The molecule has 0 aromatic carbocycles. The first-order valence-electron chi connectivity index (χ1n) is 50.3. The minimum Gasteiger partial charge on any atom is -0.466 e. The van der Waals surface area contributed by atoms with Crippen LogP contribution in [0.25, 0.3) is 0 Å². The second kappa shape index (κ2) is 85.7. The zero-order valence-electron chi connectivity index (χ0n) is 78.7. The van der Waals surface area contributed by atoms with Crippen molar-refractivity contribution in [1.29, 1.82) is 0 Å². The predicted octanol–water partition coefficient (Wildman–Crippen LogP) is 22.4. The third-order valence-electron chi connectivity index (χ3n) is 24.0. The monoisotopic (exact) mass is 1680 g/mol. The molecule has 0 rings (SSSR count). The van der Waals surface area contributed by atoms with Gasteiger partial charge in [0.25, 0.3) is 0 Å². The van der Waals surface area contributed by atoms with Gasteiger partial charge >= 0.3 is 23.9 Å². The van der Waals surface area contributed by atoms with E-state index in [1.807, 2.05) is 0 Å². The van der Waals surface area contributed by atoms with E-state index in [0.717, 1.165) is 141 Å². The molecule has 4 N–H and O–H groups in total. The van der Waals surface area contributed by atoms with Crippen LogP contribution < -0.4 is 0 Å². The summed E-state index contributed by atoms with van der Waals surface area (Å²) in [6, 6.07) is 0. The van der Waals surface area contributed by atoms with Crippen molar-refractivity contribution in [2.75, 3.05) is 113 Å². The molecule has 0 bridgehead atoms. The fourth-order valence-electron chi connectivity index (χ4n) is 16.1. The van der Waals surface area contributed by atoms with Crippen LogP contribution in [0.4, 0.5) is 0 Å². The van der Waals surface area contributed by atoms with E-state index in [-0.39, 0.29) is 67.2 Å². The van der Waals surface area contributed by atoms with E-state index in [1.54, 1.807) is 35.8 Å². The lowest BCUT2D eigenvalue weighted by atomic mass is 9.94. The summed E-state index contributed by atoms with van der Waals surface area (Å²) in [4.78, 5) is 88.4. The Morgan fingerprint density at radius 3 is 0.771 bits per heavy atom.